The van der Waals surface area contributed by atoms with Gasteiger partial charge in [0.25, 0.3) is 0 Å². The van der Waals surface area contributed by atoms with E-state index in [9.17, 15) is 14.4 Å². The lowest BCUT2D eigenvalue weighted by Gasteiger charge is -2.58. The molecule has 4 bridgehead atoms. The SMILES string of the molecule is COC(=O)c1c(C)[nH]c(C(=O)C(C)OC(=O)C23CC4CC(CC(Br)(C4)C2)C3)c1C. The number of aromatic amines is 1. The number of ether oxygens (including phenoxy) is 2. The van der Waals surface area contributed by atoms with E-state index in [-0.39, 0.29) is 16.1 Å². The minimum atomic E-state index is -0.913. The number of hydrogen-bond acceptors (Lipinski definition) is 5. The lowest BCUT2D eigenvalue weighted by Crippen LogP contribution is -2.56. The van der Waals surface area contributed by atoms with Crippen molar-refractivity contribution in [2.75, 3.05) is 7.11 Å². The van der Waals surface area contributed by atoms with Crippen LogP contribution < -0.4 is 0 Å². The van der Waals surface area contributed by atoms with Crippen LogP contribution in [0.15, 0.2) is 0 Å². The Balaban J connectivity index is 1.51. The molecule has 0 spiro atoms. The molecule has 3 atom stereocenters. The van der Waals surface area contributed by atoms with E-state index < -0.39 is 17.5 Å². The second-order valence-electron chi connectivity index (χ2n) is 9.42. The summed E-state index contributed by atoms with van der Waals surface area (Å²) in [6.45, 7) is 5.03. The van der Waals surface area contributed by atoms with Crippen molar-refractivity contribution in [1.82, 2.24) is 4.98 Å². The van der Waals surface area contributed by atoms with Crippen LogP contribution in [0.3, 0.4) is 0 Å². The van der Waals surface area contributed by atoms with Crippen LogP contribution in [0.2, 0.25) is 0 Å². The van der Waals surface area contributed by atoms with E-state index >= 15 is 0 Å². The number of aryl methyl sites for hydroxylation is 1. The lowest BCUT2D eigenvalue weighted by atomic mass is 9.49. The molecule has 7 heteroatoms. The predicted octanol–water partition coefficient (Wildman–Crippen LogP) is 4.27. The zero-order chi connectivity index (χ0) is 21.1. The zero-order valence-corrected chi connectivity index (χ0v) is 19.0. The molecule has 158 valence electrons. The van der Waals surface area contributed by atoms with E-state index in [4.69, 9.17) is 9.47 Å². The summed E-state index contributed by atoms with van der Waals surface area (Å²) in [5.74, 6) is 0.0594. The molecule has 0 aromatic carbocycles. The molecule has 3 unspecified atom stereocenters. The minimum absolute atomic E-state index is 0.0475. The first-order valence-electron chi connectivity index (χ1n) is 10.3. The van der Waals surface area contributed by atoms with E-state index in [0.29, 0.717) is 34.4 Å². The quantitative estimate of drug-likeness (QED) is 0.398. The summed E-state index contributed by atoms with van der Waals surface area (Å²) in [6.07, 6.45) is 5.07. The van der Waals surface area contributed by atoms with Gasteiger partial charge in [0, 0.05) is 10.0 Å². The van der Waals surface area contributed by atoms with Crippen LogP contribution in [-0.2, 0) is 14.3 Å². The highest BCUT2D eigenvalue weighted by Gasteiger charge is 2.60. The summed E-state index contributed by atoms with van der Waals surface area (Å²) >= 11 is 3.91. The molecule has 0 saturated heterocycles. The molecule has 4 aliphatic carbocycles. The second-order valence-corrected chi connectivity index (χ2v) is 11.1. The predicted molar refractivity (Wildman–Crippen MR) is 110 cm³/mol. The van der Waals surface area contributed by atoms with Crippen LogP contribution in [0.25, 0.3) is 0 Å². The number of rotatable bonds is 5. The summed E-state index contributed by atoms with van der Waals surface area (Å²) in [7, 11) is 1.31. The number of esters is 2. The Kier molecular flexibility index (Phi) is 4.95. The second kappa shape index (κ2) is 6.96. The summed E-state index contributed by atoms with van der Waals surface area (Å²) in [6, 6.07) is 0. The average molecular weight is 466 g/mol. The van der Waals surface area contributed by atoms with Crippen molar-refractivity contribution in [2.24, 2.45) is 17.3 Å². The summed E-state index contributed by atoms with van der Waals surface area (Å²) in [5.41, 5.74) is 1.28. The Hall–Kier alpha value is -1.63. The highest BCUT2D eigenvalue weighted by atomic mass is 79.9. The van der Waals surface area contributed by atoms with Crippen molar-refractivity contribution in [1.29, 1.82) is 0 Å². The zero-order valence-electron chi connectivity index (χ0n) is 17.4. The van der Waals surface area contributed by atoms with Gasteiger partial charge in [0.15, 0.2) is 6.10 Å². The molecule has 29 heavy (non-hydrogen) atoms. The van der Waals surface area contributed by atoms with Gasteiger partial charge in [-0.2, -0.15) is 0 Å². The summed E-state index contributed by atoms with van der Waals surface area (Å²) in [5, 5.41) is 0. The fraction of sp³-hybridized carbons (Fsp3) is 0.682. The van der Waals surface area contributed by atoms with Crippen molar-refractivity contribution in [3.05, 3.63) is 22.5 Å². The van der Waals surface area contributed by atoms with Gasteiger partial charge in [-0.15, -0.1) is 0 Å². The average Bonchev–Trinajstić information content (AvgIpc) is 2.92. The van der Waals surface area contributed by atoms with Gasteiger partial charge in [0.2, 0.25) is 5.78 Å². The molecule has 0 amide bonds. The van der Waals surface area contributed by atoms with Crippen LogP contribution >= 0.6 is 15.9 Å². The van der Waals surface area contributed by atoms with Gasteiger partial charge >= 0.3 is 11.9 Å². The van der Waals surface area contributed by atoms with Crippen molar-refractivity contribution >= 4 is 33.7 Å². The molecule has 5 rings (SSSR count). The molecule has 1 N–H and O–H groups in total. The number of aromatic nitrogens is 1. The maximum absolute atomic E-state index is 13.2. The third kappa shape index (κ3) is 3.35. The fourth-order valence-electron chi connectivity index (χ4n) is 6.34. The van der Waals surface area contributed by atoms with E-state index in [2.05, 4.69) is 20.9 Å². The third-order valence-corrected chi connectivity index (χ3v) is 8.08. The van der Waals surface area contributed by atoms with Gasteiger partial charge in [-0.05, 0) is 76.7 Å². The number of carbonyl (C=O) groups is 3. The van der Waals surface area contributed by atoms with Gasteiger partial charge in [-0.3, -0.25) is 9.59 Å². The van der Waals surface area contributed by atoms with E-state index in [1.807, 2.05) is 0 Å². The first kappa shape index (κ1) is 20.6. The lowest BCUT2D eigenvalue weighted by molar-refractivity contribution is -0.172. The van der Waals surface area contributed by atoms with Crippen LogP contribution in [0.5, 0.6) is 0 Å². The van der Waals surface area contributed by atoms with Crippen LogP contribution in [0.1, 0.15) is 77.6 Å². The van der Waals surface area contributed by atoms with Gasteiger partial charge < -0.3 is 14.5 Å². The Labute approximate surface area is 179 Å². The smallest absolute Gasteiger partial charge is 0.339 e. The van der Waals surface area contributed by atoms with E-state index in [0.717, 1.165) is 32.1 Å². The van der Waals surface area contributed by atoms with Crippen LogP contribution in [-0.4, -0.2) is 40.2 Å². The van der Waals surface area contributed by atoms with Gasteiger partial charge in [0.1, 0.15) is 0 Å². The van der Waals surface area contributed by atoms with E-state index in [1.54, 1.807) is 20.8 Å². The number of H-pyrrole nitrogens is 1. The van der Waals surface area contributed by atoms with Gasteiger partial charge in [0.05, 0.1) is 23.8 Å². The Morgan fingerprint density at radius 2 is 1.76 bits per heavy atom. The van der Waals surface area contributed by atoms with Gasteiger partial charge in [-0.25, -0.2) is 4.79 Å². The molecular formula is C22H28BrNO5. The monoisotopic (exact) mass is 465 g/mol. The maximum Gasteiger partial charge on any atom is 0.339 e. The topological polar surface area (TPSA) is 85.5 Å². The Morgan fingerprint density at radius 1 is 1.14 bits per heavy atom. The van der Waals surface area contributed by atoms with Crippen LogP contribution in [0.4, 0.5) is 0 Å². The number of nitrogens with one attached hydrogen (secondary N) is 1. The molecule has 0 radical (unpaired) electrons. The standard InChI is InChI=1S/C22H28BrNO5/c1-11-16(19(26)28-4)12(2)24-17(11)18(25)13(3)29-20(27)21-6-14-5-15(7-21)9-22(23,8-14)10-21/h13-15,24H,5-10H2,1-4H3. The van der Waals surface area contributed by atoms with Crippen molar-refractivity contribution in [3.8, 4) is 0 Å². The molecule has 4 saturated carbocycles. The number of hydrogen-bond donors (Lipinski definition) is 1. The number of halogens is 1. The van der Waals surface area contributed by atoms with Crippen molar-refractivity contribution in [2.45, 2.75) is 69.7 Å². The molecule has 1 heterocycles. The number of alkyl halides is 1. The first-order valence-corrected chi connectivity index (χ1v) is 11.1. The third-order valence-electron chi connectivity index (χ3n) is 7.15. The highest BCUT2D eigenvalue weighted by Crippen LogP contribution is 2.64. The molecule has 1 aromatic rings. The largest absolute Gasteiger partial charge is 0.465 e. The molecular weight excluding hydrogens is 438 g/mol. The fourth-order valence-corrected chi connectivity index (χ4v) is 7.79. The first-order chi connectivity index (χ1) is 13.6. The summed E-state index contributed by atoms with van der Waals surface area (Å²) in [4.78, 5) is 41.2. The number of ketones is 1. The minimum Gasteiger partial charge on any atom is -0.465 e. The molecule has 4 aliphatic rings. The number of Topliss-reactive ketones (excluding diaryl/α,β-unsaturated/α-hetero) is 1. The van der Waals surface area contributed by atoms with Gasteiger partial charge in [-0.1, -0.05) is 15.9 Å². The van der Waals surface area contributed by atoms with E-state index in [1.165, 1.54) is 13.5 Å². The maximum atomic E-state index is 13.2. The van der Waals surface area contributed by atoms with Crippen LogP contribution in [0, 0.1) is 31.1 Å². The van der Waals surface area contributed by atoms with Crippen molar-refractivity contribution in [3.63, 3.8) is 0 Å². The summed E-state index contributed by atoms with van der Waals surface area (Å²) < 4.78 is 10.6. The Bertz CT molecular complexity index is 874. The number of carbonyl (C=O) groups excluding carboxylic acids is 3. The molecule has 1 aromatic heterocycles. The molecule has 6 nitrogen and oxygen atoms in total. The molecule has 4 fully saturated rings. The number of methoxy groups -OCH3 is 1. The highest BCUT2D eigenvalue weighted by molar-refractivity contribution is 9.10. The molecule has 0 aliphatic heterocycles. The Morgan fingerprint density at radius 3 is 2.31 bits per heavy atom. The normalized spacial score (nSPS) is 33.4. The van der Waals surface area contributed by atoms with Crippen molar-refractivity contribution < 1.29 is 23.9 Å².